The van der Waals surface area contributed by atoms with Gasteiger partial charge in [0.15, 0.2) is 0 Å². The minimum absolute atomic E-state index is 0.140. The second-order valence-corrected chi connectivity index (χ2v) is 5.06. The van der Waals surface area contributed by atoms with E-state index in [4.69, 9.17) is 0 Å². The molecule has 0 aromatic heterocycles. The molecule has 0 heterocycles. The summed E-state index contributed by atoms with van der Waals surface area (Å²) in [6.07, 6.45) is 6.99. The molecule has 1 aliphatic rings. The van der Waals surface area contributed by atoms with Gasteiger partial charge in [0.25, 0.3) is 0 Å². The van der Waals surface area contributed by atoms with Gasteiger partial charge >= 0.3 is 0 Å². The van der Waals surface area contributed by atoms with Crippen molar-refractivity contribution in [3.8, 4) is 0 Å². The average Bonchev–Trinajstić information content (AvgIpc) is 2.40. The van der Waals surface area contributed by atoms with Crippen molar-refractivity contribution in [2.75, 3.05) is 6.54 Å². The van der Waals surface area contributed by atoms with Crippen LogP contribution >= 0.6 is 0 Å². The molecule has 0 radical (unpaired) electrons. The van der Waals surface area contributed by atoms with E-state index in [1.54, 1.807) is 0 Å². The van der Waals surface area contributed by atoms with Crippen molar-refractivity contribution in [2.24, 2.45) is 5.92 Å². The molecular weight excluding hydrogens is 210 g/mol. The highest BCUT2D eigenvalue weighted by Crippen LogP contribution is 2.22. The molecule has 1 aromatic carbocycles. The maximum atomic E-state index is 9.24. The summed E-state index contributed by atoms with van der Waals surface area (Å²) >= 11 is 0. The van der Waals surface area contributed by atoms with Gasteiger partial charge in [-0.05, 0) is 36.4 Å². The summed E-state index contributed by atoms with van der Waals surface area (Å²) in [6, 6.07) is 8.12. The summed E-state index contributed by atoms with van der Waals surface area (Å²) in [5, 5.41) is 12.8. The Labute approximate surface area is 104 Å². The van der Waals surface area contributed by atoms with Crippen molar-refractivity contribution >= 4 is 0 Å². The van der Waals surface area contributed by atoms with Gasteiger partial charge in [-0.3, -0.25) is 0 Å². The lowest BCUT2D eigenvalue weighted by atomic mass is 9.89. The molecule has 2 heteroatoms. The van der Waals surface area contributed by atoms with Gasteiger partial charge in [-0.2, -0.15) is 0 Å². The third-order valence-electron chi connectivity index (χ3n) is 3.76. The first-order valence-electron chi connectivity index (χ1n) is 6.78. The second kappa shape index (κ2) is 6.77. The van der Waals surface area contributed by atoms with Crippen LogP contribution < -0.4 is 5.32 Å². The Morgan fingerprint density at radius 1 is 1.06 bits per heavy atom. The molecule has 94 valence electrons. The summed E-state index contributed by atoms with van der Waals surface area (Å²) in [6.45, 7) is 2.15. The zero-order valence-corrected chi connectivity index (χ0v) is 10.5. The molecule has 0 spiro atoms. The molecule has 2 N–H and O–H groups in total. The van der Waals surface area contributed by atoms with Crippen molar-refractivity contribution in [3.63, 3.8) is 0 Å². The fraction of sp³-hybridized carbons (Fsp3) is 0.600. The SMILES string of the molecule is OCc1ccccc1CNCC1CCCCC1. The van der Waals surface area contributed by atoms with Gasteiger partial charge in [-0.25, -0.2) is 0 Å². The lowest BCUT2D eigenvalue weighted by Gasteiger charge is -2.22. The standard InChI is InChI=1S/C15H23NO/c17-12-15-9-5-4-8-14(15)11-16-10-13-6-2-1-3-7-13/h4-5,8-9,13,16-17H,1-3,6-7,10-12H2. The molecule has 1 fully saturated rings. The van der Waals surface area contributed by atoms with E-state index < -0.39 is 0 Å². The molecule has 0 aliphatic heterocycles. The van der Waals surface area contributed by atoms with Crippen molar-refractivity contribution in [3.05, 3.63) is 35.4 Å². The maximum absolute atomic E-state index is 9.24. The number of nitrogens with one attached hydrogen (secondary N) is 1. The first kappa shape index (κ1) is 12.6. The van der Waals surface area contributed by atoms with Gasteiger partial charge < -0.3 is 10.4 Å². The van der Waals surface area contributed by atoms with Gasteiger partial charge in [0, 0.05) is 6.54 Å². The summed E-state index contributed by atoms with van der Waals surface area (Å²) in [5.41, 5.74) is 2.27. The second-order valence-electron chi connectivity index (χ2n) is 5.06. The molecule has 0 saturated heterocycles. The van der Waals surface area contributed by atoms with Crippen LogP contribution in [-0.2, 0) is 13.2 Å². The molecule has 2 rings (SSSR count). The van der Waals surface area contributed by atoms with Gasteiger partial charge in [0.2, 0.25) is 0 Å². The van der Waals surface area contributed by atoms with E-state index in [0.717, 1.165) is 24.6 Å². The fourth-order valence-corrected chi connectivity index (χ4v) is 2.69. The minimum Gasteiger partial charge on any atom is -0.392 e. The number of hydrogen-bond acceptors (Lipinski definition) is 2. The third kappa shape index (κ3) is 3.83. The van der Waals surface area contributed by atoms with Crippen LogP contribution in [0.1, 0.15) is 43.2 Å². The van der Waals surface area contributed by atoms with Crippen molar-refractivity contribution in [2.45, 2.75) is 45.3 Å². The first-order valence-corrected chi connectivity index (χ1v) is 6.78. The Balaban J connectivity index is 1.77. The minimum atomic E-state index is 0.140. The average molecular weight is 233 g/mol. The molecule has 0 amide bonds. The van der Waals surface area contributed by atoms with Crippen LogP contribution in [0.4, 0.5) is 0 Å². The van der Waals surface area contributed by atoms with Crippen LogP contribution in [0.5, 0.6) is 0 Å². The van der Waals surface area contributed by atoms with Gasteiger partial charge in [0.1, 0.15) is 0 Å². The first-order chi connectivity index (χ1) is 8.40. The zero-order chi connectivity index (χ0) is 11.9. The summed E-state index contributed by atoms with van der Waals surface area (Å²) in [7, 11) is 0. The topological polar surface area (TPSA) is 32.3 Å². The molecule has 0 atom stereocenters. The van der Waals surface area contributed by atoms with Crippen LogP contribution in [0.15, 0.2) is 24.3 Å². The fourth-order valence-electron chi connectivity index (χ4n) is 2.69. The maximum Gasteiger partial charge on any atom is 0.0685 e. The molecule has 17 heavy (non-hydrogen) atoms. The molecule has 0 bridgehead atoms. The number of aliphatic hydroxyl groups is 1. The molecule has 0 unspecified atom stereocenters. The Morgan fingerprint density at radius 2 is 1.76 bits per heavy atom. The Bertz CT molecular complexity index is 331. The van der Waals surface area contributed by atoms with E-state index in [-0.39, 0.29) is 6.61 Å². The number of aliphatic hydroxyl groups excluding tert-OH is 1. The molecular formula is C15H23NO. The van der Waals surface area contributed by atoms with Crippen molar-refractivity contribution in [1.82, 2.24) is 5.32 Å². The zero-order valence-electron chi connectivity index (χ0n) is 10.5. The van der Waals surface area contributed by atoms with Crippen LogP contribution in [0.3, 0.4) is 0 Å². The molecule has 2 nitrogen and oxygen atoms in total. The number of benzene rings is 1. The van der Waals surface area contributed by atoms with Crippen LogP contribution in [0.2, 0.25) is 0 Å². The Hall–Kier alpha value is -0.860. The molecule has 1 aliphatic carbocycles. The summed E-state index contributed by atoms with van der Waals surface area (Å²) in [5.74, 6) is 0.866. The highest BCUT2D eigenvalue weighted by atomic mass is 16.3. The normalized spacial score (nSPS) is 17.2. The Morgan fingerprint density at radius 3 is 2.47 bits per heavy atom. The van der Waals surface area contributed by atoms with Crippen LogP contribution in [0, 0.1) is 5.92 Å². The number of rotatable bonds is 5. The quantitative estimate of drug-likeness (QED) is 0.819. The van der Waals surface area contributed by atoms with E-state index in [1.165, 1.54) is 37.7 Å². The predicted molar refractivity (Wildman–Crippen MR) is 70.6 cm³/mol. The number of hydrogen-bond donors (Lipinski definition) is 2. The third-order valence-corrected chi connectivity index (χ3v) is 3.76. The van der Waals surface area contributed by atoms with E-state index >= 15 is 0 Å². The lowest BCUT2D eigenvalue weighted by Crippen LogP contribution is -2.24. The van der Waals surface area contributed by atoms with Crippen molar-refractivity contribution < 1.29 is 5.11 Å². The van der Waals surface area contributed by atoms with Crippen LogP contribution in [0.25, 0.3) is 0 Å². The summed E-state index contributed by atoms with van der Waals surface area (Å²) in [4.78, 5) is 0. The molecule has 1 aromatic rings. The monoisotopic (exact) mass is 233 g/mol. The summed E-state index contributed by atoms with van der Waals surface area (Å²) < 4.78 is 0. The highest BCUT2D eigenvalue weighted by molar-refractivity contribution is 5.26. The van der Waals surface area contributed by atoms with Gasteiger partial charge in [-0.1, -0.05) is 43.5 Å². The highest BCUT2D eigenvalue weighted by Gasteiger charge is 2.12. The van der Waals surface area contributed by atoms with E-state index in [1.807, 2.05) is 18.2 Å². The lowest BCUT2D eigenvalue weighted by molar-refractivity contribution is 0.280. The van der Waals surface area contributed by atoms with Crippen molar-refractivity contribution in [1.29, 1.82) is 0 Å². The molecule has 1 saturated carbocycles. The van der Waals surface area contributed by atoms with E-state index in [0.29, 0.717) is 0 Å². The van der Waals surface area contributed by atoms with E-state index in [2.05, 4.69) is 11.4 Å². The van der Waals surface area contributed by atoms with Gasteiger partial charge in [-0.15, -0.1) is 0 Å². The van der Waals surface area contributed by atoms with Crippen LogP contribution in [-0.4, -0.2) is 11.7 Å². The largest absolute Gasteiger partial charge is 0.392 e. The van der Waals surface area contributed by atoms with Gasteiger partial charge in [0.05, 0.1) is 6.61 Å². The Kier molecular flexibility index (Phi) is 5.02. The predicted octanol–water partition coefficient (Wildman–Crippen LogP) is 2.85. The smallest absolute Gasteiger partial charge is 0.0685 e. The van der Waals surface area contributed by atoms with E-state index in [9.17, 15) is 5.11 Å².